The molecule has 1 saturated heterocycles. The maximum absolute atomic E-state index is 13.5. The van der Waals surface area contributed by atoms with Crippen molar-refractivity contribution in [2.45, 2.75) is 46.5 Å². The van der Waals surface area contributed by atoms with Crippen molar-refractivity contribution in [1.29, 1.82) is 0 Å². The first kappa shape index (κ1) is 30.2. The van der Waals surface area contributed by atoms with Gasteiger partial charge in [-0.25, -0.2) is 9.78 Å². The van der Waals surface area contributed by atoms with Crippen molar-refractivity contribution in [3.63, 3.8) is 0 Å². The molecule has 7 nitrogen and oxygen atoms in total. The Bertz CT molecular complexity index is 1850. The summed E-state index contributed by atoms with van der Waals surface area (Å²) in [6.07, 6.45) is 3.42. The number of ketones is 1. The molecule has 9 heteroatoms. The van der Waals surface area contributed by atoms with Gasteiger partial charge in [-0.2, -0.15) is 0 Å². The van der Waals surface area contributed by atoms with Crippen molar-refractivity contribution in [2.75, 3.05) is 11.5 Å². The van der Waals surface area contributed by atoms with E-state index in [1.807, 2.05) is 26.8 Å². The topological polar surface area (TPSA) is 93.6 Å². The van der Waals surface area contributed by atoms with Gasteiger partial charge in [0.1, 0.15) is 0 Å². The average molecular weight is 674 g/mol. The highest BCUT2D eigenvalue weighted by atomic mass is 79.9. The summed E-state index contributed by atoms with van der Waals surface area (Å²) in [7, 11) is 0. The Morgan fingerprint density at radius 1 is 0.932 bits per heavy atom. The molecule has 1 aromatic heterocycles. The number of rotatable bonds is 6. The van der Waals surface area contributed by atoms with E-state index in [9.17, 15) is 19.2 Å². The summed E-state index contributed by atoms with van der Waals surface area (Å²) in [6.45, 7) is 5.29. The molecule has 2 atom stereocenters. The fourth-order valence-corrected chi connectivity index (χ4v) is 6.85. The maximum atomic E-state index is 13.5. The lowest BCUT2D eigenvalue weighted by Crippen LogP contribution is -2.30. The molecule has 1 aliphatic carbocycles. The molecule has 1 saturated carbocycles. The number of benzene rings is 3. The maximum Gasteiger partial charge on any atom is 0.339 e. The lowest BCUT2D eigenvalue weighted by molar-refractivity contribution is -0.122. The quantitative estimate of drug-likeness (QED) is 0.117. The van der Waals surface area contributed by atoms with Gasteiger partial charge in [-0.1, -0.05) is 48.7 Å². The van der Waals surface area contributed by atoms with Crippen molar-refractivity contribution >= 4 is 67.7 Å². The first-order valence-electron chi connectivity index (χ1n) is 14.6. The number of imide groups is 1. The number of esters is 1. The predicted molar refractivity (Wildman–Crippen MR) is 173 cm³/mol. The number of anilines is 1. The first-order valence-corrected chi connectivity index (χ1v) is 15.8. The van der Waals surface area contributed by atoms with Crippen molar-refractivity contribution in [1.82, 2.24) is 4.98 Å². The fraction of sp³-hybridized carbons (Fsp3) is 0.286. The summed E-state index contributed by atoms with van der Waals surface area (Å²) in [6, 6.07) is 15.7. The van der Waals surface area contributed by atoms with Crippen LogP contribution < -0.4 is 4.90 Å². The number of halogens is 2. The molecule has 0 N–H and O–H groups in total. The van der Waals surface area contributed by atoms with Gasteiger partial charge in [0.25, 0.3) is 0 Å². The molecule has 44 heavy (non-hydrogen) atoms. The Kier molecular flexibility index (Phi) is 8.16. The number of hydrogen-bond donors (Lipinski definition) is 0. The van der Waals surface area contributed by atoms with E-state index in [1.165, 1.54) is 4.90 Å². The van der Waals surface area contributed by atoms with Crippen LogP contribution in [0.1, 0.15) is 63.1 Å². The minimum atomic E-state index is -0.669. The zero-order chi connectivity index (χ0) is 31.3. The zero-order valence-corrected chi connectivity index (χ0v) is 26.9. The van der Waals surface area contributed by atoms with Gasteiger partial charge in [-0.15, -0.1) is 0 Å². The molecule has 6 rings (SSSR count). The van der Waals surface area contributed by atoms with Crippen LogP contribution in [0.15, 0.2) is 59.1 Å². The SMILES string of the molecule is Cc1ccc(C(=O)COC(=O)c2cc(-c3ccc(N4C(=O)C5CCCCC5C4=O)cc3)nc3c(C)c(Cl)c(Br)cc23)cc1C. The van der Waals surface area contributed by atoms with Crippen LogP contribution in [0, 0.1) is 32.6 Å². The number of fused-ring (bicyclic) bond motifs is 2. The van der Waals surface area contributed by atoms with E-state index in [4.69, 9.17) is 21.3 Å². The van der Waals surface area contributed by atoms with Gasteiger partial charge in [0, 0.05) is 21.0 Å². The normalized spacial score (nSPS) is 18.1. The number of aryl methyl sites for hydroxylation is 3. The number of amides is 2. The van der Waals surface area contributed by atoms with Gasteiger partial charge < -0.3 is 4.74 Å². The van der Waals surface area contributed by atoms with Gasteiger partial charge in [0.05, 0.1) is 39.3 Å². The molecule has 0 radical (unpaired) electrons. The number of Topliss-reactive ketones (excluding diaryl/α,β-unsaturated/α-hetero) is 1. The Balaban J connectivity index is 1.33. The third-order valence-electron chi connectivity index (χ3n) is 8.87. The fourth-order valence-electron chi connectivity index (χ4n) is 6.18. The number of hydrogen-bond acceptors (Lipinski definition) is 6. The van der Waals surface area contributed by atoms with Crippen LogP contribution in [0.5, 0.6) is 0 Å². The van der Waals surface area contributed by atoms with Crippen LogP contribution >= 0.6 is 27.5 Å². The molecule has 2 fully saturated rings. The minimum absolute atomic E-state index is 0.132. The summed E-state index contributed by atoms with van der Waals surface area (Å²) < 4.78 is 6.13. The van der Waals surface area contributed by atoms with E-state index in [1.54, 1.807) is 48.5 Å². The molecule has 4 aromatic rings. The van der Waals surface area contributed by atoms with Crippen LogP contribution in [-0.2, 0) is 14.3 Å². The number of nitrogens with zero attached hydrogens (tertiary/aromatic N) is 2. The highest BCUT2D eigenvalue weighted by Gasteiger charge is 2.48. The van der Waals surface area contributed by atoms with E-state index < -0.39 is 12.6 Å². The van der Waals surface area contributed by atoms with E-state index in [0.717, 1.165) is 36.8 Å². The van der Waals surface area contributed by atoms with Gasteiger partial charge in [-0.3, -0.25) is 19.3 Å². The highest BCUT2D eigenvalue weighted by molar-refractivity contribution is 9.10. The first-order chi connectivity index (χ1) is 21.0. The molecule has 0 bridgehead atoms. The Morgan fingerprint density at radius 2 is 1.59 bits per heavy atom. The summed E-state index contributed by atoms with van der Waals surface area (Å²) in [5.41, 5.74) is 5.61. The summed E-state index contributed by atoms with van der Waals surface area (Å²) in [4.78, 5) is 58.7. The van der Waals surface area contributed by atoms with Crippen LogP contribution in [0.3, 0.4) is 0 Å². The van der Waals surface area contributed by atoms with E-state index >= 15 is 0 Å². The predicted octanol–water partition coefficient (Wildman–Crippen LogP) is 7.96. The third kappa shape index (κ3) is 5.35. The molecule has 2 amide bonds. The van der Waals surface area contributed by atoms with Crippen molar-refractivity contribution in [2.24, 2.45) is 11.8 Å². The smallest absolute Gasteiger partial charge is 0.339 e. The van der Waals surface area contributed by atoms with Crippen molar-refractivity contribution < 1.29 is 23.9 Å². The number of aromatic nitrogens is 1. The highest BCUT2D eigenvalue weighted by Crippen LogP contribution is 2.41. The van der Waals surface area contributed by atoms with Gasteiger partial charge in [0.15, 0.2) is 12.4 Å². The number of carbonyl (C=O) groups is 4. The van der Waals surface area contributed by atoms with E-state index in [-0.39, 0.29) is 35.0 Å². The van der Waals surface area contributed by atoms with Crippen LogP contribution in [0.4, 0.5) is 5.69 Å². The Labute approximate surface area is 268 Å². The molecular formula is C35H30BrClN2O5. The number of ether oxygens (including phenoxy) is 1. The van der Waals surface area contributed by atoms with Gasteiger partial charge in [-0.05, 0) is 96.6 Å². The standard InChI is InChI=1S/C35H30BrClN2O5/c1-18-8-9-22(14-19(18)2)30(40)17-44-35(43)27-16-29(38-32-20(3)31(37)28(36)15-26(27)32)21-10-12-23(13-11-21)39-33(41)24-6-4-5-7-25(24)34(39)42/h8-16,24-25H,4-7,17H2,1-3H3. The molecule has 1 aliphatic heterocycles. The monoisotopic (exact) mass is 672 g/mol. The largest absolute Gasteiger partial charge is 0.454 e. The van der Waals surface area contributed by atoms with E-state index in [0.29, 0.717) is 48.5 Å². The van der Waals surface area contributed by atoms with Crippen LogP contribution in [0.2, 0.25) is 5.02 Å². The second kappa shape index (κ2) is 11.9. The molecule has 2 unspecified atom stereocenters. The Morgan fingerprint density at radius 3 is 2.23 bits per heavy atom. The third-order valence-corrected chi connectivity index (χ3v) is 10.2. The lowest BCUT2D eigenvalue weighted by Gasteiger charge is -2.19. The summed E-state index contributed by atoms with van der Waals surface area (Å²) in [5, 5.41) is 0.993. The second-order valence-corrected chi connectivity index (χ2v) is 12.8. The molecule has 0 spiro atoms. The molecule has 2 aliphatic rings. The lowest BCUT2D eigenvalue weighted by atomic mass is 9.81. The number of pyridine rings is 1. The molecular weight excluding hydrogens is 644 g/mol. The average Bonchev–Trinajstić information content (AvgIpc) is 3.28. The minimum Gasteiger partial charge on any atom is -0.454 e. The summed E-state index contributed by atoms with van der Waals surface area (Å²) >= 11 is 10.0. The molecule has 3 aromatic carbocycles. The number of carbonyl (C=O) groups excluding carboxylic acids is 4. The van der Waals surface area contributed by atoms with Crippen molar-refractivity contribution in [3.05, 3.63) is 91.9 Å². The van der Waals surface area contributed by atoms with Crippen molar-refractivity contribution in [3.8, 4) is 11.3 Å². The summed E-state index contributed by atoms with van der Waals surface area (Å²) in [5.74, 6) is -1.71. The van der Waals surface area contributed by atoms with Gasteiger partial charge in [0.2, 0.25) is 11.8 Å². The van der Waals surface area contributed by atoms with Gasteiger partial charge >= 0.3 is 5.97 Å². The van der Waals surface area contributed by atoms with Crippen LogP contribution in [0.25, 0.3) is 22.2 Å². The van der Waals surface area contributed by atoms with E-state index in [2.05, 4.69) is 15.9 Å². The molecule has 2 heterocycles. The Hall–Kier alpha value is -3.88. The zero-order valence-electron chi connectivity index (χ0n) is 24.6. The van der Waals surface area contributed by atoms with Crippen LogP contribution in [-0.4, -0.2) is 35.2 Å². The second-order valence-electron chi connectivity index (χ2n) is 11.6. The molecule has 224 valence electrons.